The molecule has 0 aliphatic carbocycles. The molecule has 10 rings (SSSR count). The van der Waals surface area contributed by atoms with E-state index >= 15 is 0 Å². The zero-order chi connectivity index (χ0) is 33.9. The van der Waals surface area contributed by atoms with E-state index < -0.39 is 0 Å². The van der Waals surface area contributed by atoms with Crippen LogP contribution in [0.5, 0.6) is 0 Å². The fourth-order valence-electron chi connectivity index (χ4n) is 9.30. The number of hydrogen-bond donors (Lipinski definition) is 2. The molecular formula is C46H43N5. The number of hydrogen-bond acceptors (Lipinski definition) is 4. The Morgan fingerprint density at radius 1 is 0.569 bits per heavy atom. The first kappa shape index (κ1) is 30.6. The summed E-state index contributed by atoms with van der Waals surface area (Å²) in [5, 5.41) is 10.5. The second-order valence-electron chi connectivity index (χ2n) is 14.7. The zero-order valence-corrected chi connectivity index (χ0v) is 29.0. The third kappa shape index (κ3) is 5.27. The van der Waals surface area contributed by atoms with Gasteiger partial charge in [0.1, 0.15) is 0 Å². The van der Waals surface area contributed by atoms with Crippen molar-refractivity contribution in [2.75, 3.05) is 25.0 Å². The Morgan fingerprint density at radius 2 is 1.14 bits per heavy atom. The Labute approximate surface area is 300 Å². The zero-order valence-electron chi connectivity index (χ0n) is 29.0. The van der Waals surface area contributed by atoms with Gasteiger partial charge in [-0.3, -0.25) is 10.6 Å². The molecule has 3 aliphatic rings. The number of likely N-dealkylation sites (N-methyl/N-ethyl adjacent to an activating group) is 1. The summed E-state index contributed by atoms with van der Waals surface area (Å²) in [5.41, 5.74) is 11.8. The highest BCUT2D eigenvalue weighted by Gasteiger charge is 2.42. The number of rotatable bonds is 5. The maximum absolute atomic E-state index is 3.95. The van der Waals surface area contributed by atoms with E-state index in [2.05, 4.69) is 184 Å². The summed E-state index contributed by atoms with van der Waals surface area (Å²) in [7, 11) is 2.28. The lowest BCUT2D eigenvalue weighted by atomic mass is 9.89. The Bertz CT molecular complexity index is 2230. The highest BCUT2D eigenvalue weighted by molar-refractivity contribution is 6.09. The van der Waals surface area contributed by atoms with Crippen LogP contribution in [0.15, 0.2) is 152 Å². The van der Waals surface area contributed by atoms with E-state index in [-0.39, 0.29) is 18.2 Å². The highest BCUT2D eigenvalue weighted by atomic mass is 15.2. The van der Waals surface area contributed by atoms with Crippen molar-refractivity contribution in [1.29, 1.82) is 0 Å². The van der Waals surface area contributed by atoms with Gasteiger partial charge in [0.05, 0.1) is 17.2 Å². The quantitative estimate of drug-likeness (QED) is 0.192. The summed E-state index contributed by atoms with van der Waals surface area (Å²) < 4.78 is 2.46. The van der Waals surface area contributed by atoms with Crippen LogP contribution in [0.25, 0.3) is 27.5 Å². The summed E-state index contributed by atoms with van der Waals surface area (Å²) >= 11 is 0. The molecule has 252 valence electrons. The normalized spacial score (nSPS) is 23.4. The van der Waals surface area contributed by atoms with Gasteiger partial charge in [-0.15, -0.1) is 0 Å². The molecule has 2 fully saturated rings. The number of para-hydroxylation sites is 2. The first-order chi connectivity index (χ1) is 25.2. The van der Waals surface area contributed by atoms with Crippen molar-refractivity contribution in [3.05, 3.63) is 174 Å². The molecule has 0 amide bonds. The van der Waals surface area contributed by atoms with Gasteiger partial charge >= 0.3 is 0 Å². The molecule has 4 heterocycles. The molecule has 0 saturated carbocycles. The van der Waals surface area contributed by atoms with E-state index in [1.165, 1.54) is 61.1 Å². The fourth-order valence-corrected chi connectivity index (χ4v) is 9.30. The Kier molecular flexibility index (Phi) is 7.52. The second kappa shape index (κ2) is 12.5. The molecule has 0 bridgehead atoms. The van der Waals surface area contributed by atoms with Crippen LogP contribution in [0.3, 0.4) is 0 Å². The van der Waals surface area contributed by atoms with E-state index in [1.807, 2.05) is 0 Å². The number of benzene rings is 6. The molecule has 2 saturated heterocycles. The third-order valence-corrected chi connectivity index (χ3v) is 11.7. The molecule has 5 heteroatoms. The first-order valence-electron chi connectivity index (χ1n) is 18.5. The molecule has 0 spiro atoms. The maximum atomic E-state index is 3.95. The fraction of sp³-hybridized carbons (Fsp3) is 0.217. The SMILES string of the molecule is CN1CCC2C(C1)c1cc(-n3c4ccccc4c4ccccc43)ccc1N2c1ccc(C2CC(c3ccccc3)NC(c3ccccc3)N2)cc1. The molecule has 51 heavy (non-hydrogen) atoms. The monoisotopic (exact) mass is 665 g/mol. The van der Waals surface area contributed by atoms with Crippen LogP contribution in [-0.2, 0) is 0 Å². The third-order valence-electron chi connectivity index (χ3n) is 11.7. The standard InChI is InChI=1S/C46H43N5/c1-49-27-26-45-39(30-49)38-28-35(51-42-18-10-8-16-36(42)37-17-9-11-19-43(37)51)24-25-44(38)50(45)34-22-20-32(21-23-34)41-29-40(31-12-4-2-5-13-31)47-46(48-41)33-14-6-3-7-15-33/h2-25,28,39-41,45-48H,26-27,29-30H2,1H3. The van der Waals surface area contributed by atoms with Crippen molar-refractivity contribution < 1.29 is 0 Å². The largest absolute Gasteiger partial charge is 0.337 e. The van der Waals surface area contributed by atoms with Crippen molar-refractivity contribution in [3.8, 4) is 5.69 Å². The predicted octanol–water partition coefficient (Wildman–Crippen LogP) is 9.79. The Morgan fingerprint density at radius 3 is 1.80 bits per heavy atom. The number of fused-ring (bicyclic) bond motifs is 6. The van der Waals surface area contributed by atoms with E-state index in [0.717, 1.165) is 25.9 Å². The lowest BCUT2D eigenvalue weighted by molar-refractivity contribution is 0.236. The molecule has 2 N–H and O–H groups in total. The van der Waals surface area contributed by atoms with Gasteiger partial charge in [-0.1, -0.05) is 109 Å². The number of piperidine rings is 1. The van der Waals surface area contributed by atoms with Gasteiger partial charge in [-0.2, -0.15) is 0 Å². The summed E-state index contributed by atoms with van der Waals surface area (Å²) in [6.45, 7) is 2.19. The van der Waals surface area contributed by atoms with Crippen LogP contribution in [0.1, 0.15) is 59.3 Å². The molecule has 1 aromatic heterocycles. The van der Waals surface area contributed by atoms with Crippen LogP contribution in [0, 0.1) is 0 Å². The van der Waals surface area contributed by atoms with E-state index in [1.54, 1.807) is 0 Å². The Hall–Kier alpha value is -5.20. The van der Waals surface area contributed by atoms with Crippen molar-refractivity contribution in [2.24, 2.45) is 0 Å². The van der Waals surface area contributed by atoms with Gasteiger partial charge in [0.15, 0.2) is 0 Å². The molecule has 5 unspecified atom stereocenters. The second-order valence-corrected chi connectivity index (χ2v) is 14.7. The van der Waals surface area contributed by atoms with Gasteiger partial charge < -0.3 is 14.4 Å². The van der Waals surface area contributed by atoms with Crippen LogP contribution in [0.2, 0.25) is 0 Å². The number of anilines is 2. The molecule has 5 nitrogen and oxygen atoms in total. The summed E-state index contributed by atoms with van der Waals surface area (Å²) in [4.78, 5) is 5.17. The van der Waals surface area contributed by atoms with Crippen molar-refractivity contribution in [3.63, 3.8) is 0 Å². The van der Waals surface area contributed by atoms with Gasteiger partial charge in [-0.05, 0) is 91.2 Å². The lowest BCUT2D eigenvalue weighted by Crippen LogP contribution is -2.45. The van der Waals surface area contributed by atoms with E-state index in [0.29, 0.717) is 12.0 Å². The van der Waals surface area contributed by atoms with Crippen LogP contribution in [-0.4, -0.2) is 35.6 Å². The van der Waals surface area contributed by atoms with Gasteiger partial charge in [0, 0.05) is 58.4 Å². The minimum absolute atomic E-state index is 0.0732. The minimum Gasteiger partial charge on any atom is -0.337 e. The average molecular weight is 666 g/mol. The number of nitrogens with zero attached hydrogens (tertiary/aromatic N) is 3. The molecule has 0 radical (unpaired) electrons. The predicted molar refractivity (Wildman–Crippen MR) is 210 cm³/mol. The number of likely N-dealkylation sites (tertiary alicyclic amines) is 1. The van der Waals surface area contributed by atoms with Crippen LogP contribution >= 0.6 is 0 Å². The number of aromatic nitrogens is 1. The molecule has 5 atom stereocenters. The van der Waals surface area contributed by atoms with Gasteiger partial charge in [-0.25, -0.2) is 0 Å². The van der Waals surface area contributed by atoms with Crippen LogP contribution in [0.4, 0.5) is 11.4 Å². The Balaban J connectivity index is 1.01. The van der Waals surface area contributed by atoms with Crippen molar-refractivity contribution in [1.82, 2.24) is 20.1 Å². The highest BCUT2D eigenvalue weighted by Crippen LogP contribution is 2.49. The van der Waals surface area contributed by atoms with E-state index in [4.69, 9.17) is 0 Å². The van der Waals surface area contributed by atoms with Crippen LogP contribution < -0.4 is 15.5 Å². The molecule has 3 aliphatic heterocycles. The smallest absolute Gasteiger partial charge is 0.0845 e. The summed E-state index contributed by atoms with van der Waals surface area (Å²) in [5.74, 6) is 0.454. The number of nitrogens with one attached hydrogen (secondary N) is 2. The average Bonchev–Trinajstić information content (AvgIpc) is 3.70. The minimum atomic E-state index is 0.0732. The van der Waals surface area contributed by atoms with Gasteiger partial charge in [0.25, 0.3) is 0 Å². The van der Waals surface area contributed by atoms with E-state index in [9.17, 15) is 0 Å². The maximum Gasteiger partial charge on any atom is 0.0845 e. The van der Waals surface area contributed by atoms with Crippen molar-refractivity contribution in [2.45, 2.75) is 43.1 Å². The summed E-state index contributed by atoms with van der Waals surface area (Å²) in [6.07, 6.45) is 2.21. The van der Waals surface area contributed by atoms with Gasteiger partial charge in [0.2, 0.25) is 0 Å². The molecular weight excluding hydrogens is 623 g/mol. The molecule has 7 aromatic rings. The summed E-state index contributed by atoms with van der Waals surface area (Å²) in [6, 6.07) is 57.0. The topological polar surface area (TPSA) is 35.5 Å². The first-order valence-corrected chi connectivity index (χ1v) is 18.5. The lowest BCUT2D eigenvalue weighted by Gasteiger charge is -2.39. The molecule has 6 aromatic carbocycles. The van der Waals surface area contributed by atoms with Crippen molar-refractivity contribution >= 4 is 33.2 Å².